The zero-order valence-corrected chi connectivity index (χ0v) is 59.1. The first-order valence-electron chi connectivity index (χ1n) is 35.7. The Morgan fingerprint density at radius 1 is 0.318 bits per heavy atom. The van der Waals surface area contributed by atoms with E-state index in [1.807, 2.05) is 0 Å². The van der Waals surface area contributed by atoms with Crippen LogP contribution in [-0.2, 0) is 65.4 Å². The number of carbonyl (C=O) groups is 4. The molecule has 4 unspecified atom stereocenters. The molecule has 0 rings (SSSR count). The second-order valence-electron chi connectivity index (χ2n) is 26.6. The van der Waals surface area contributed by atoms with Crippen LogP contribution in [0.5, 0.6) is 0 Å². The maximum Gasteiger partial charge on any atom is 0.472 e. The molecular formula is C69H134O17P2. The van der Waals surface area contributed by atoms with Gasteiger partial charge in [-0.05, 0) is 49.4 Å². The quantitative estimate of drug-likeness (QED) is 0.0222. The molecule has 0 aromatic carbocycles. The maximum absolute atomic E-state index is 13.0. The van der Waals surface area contributed by atoms with Crippen LogP contribution in [0, 0.1) is 23.7 Å². The molecule has 522 valence electrons. The Bertz CT molecular complexity index is 1750. The fourth-order valence-corrected chi connectivity index (χ4v) is 11.9. The maximum atomic E-state index is 13.0. The summed E-state index contributed by atoms with van der Waals surface area (Å²) in [6, 6.07) is 0. The summed E-state index contributed by atoms with van der Waals surface area (Å²) in [4.78, 5) is 72.4. The van der Waals surface area contributed by atoms with Crippen molar-refractivity contribution in [2.45, 2.75) is 356 Å². The van der Waals surface area contributed by atoms with Crippen LogP contribution in [0.2, 0.25) is 0 Å². The van der Waals surface area contributed by atoms with Gasteiger partial charge < -0.3 is 33.8 Å². The minimum absolute atomic E-state index is 0.101. The topological polar surface area (TPSA) is 237 Å². The van der Waals surface area contributed by atoms with Gasteiger partial charge in [-0.25, -0.2) is 9.13 Å². The van der Waals surface area contributed by atoms with E-state index in [-0.39, 0.29) is 25.7 Å². The van der Waals surface area contributed by atoms with Gasteiger partial charge in [-0.2, -0.15) is 0 Å². The van der Waals surface area contributed by atoms with Crippen molar-refractivity contribution in [3.05, 3.63) is 0 Å². The van der Waals surface area contributed by atoms with Crippen LogP contribution in [0.4, 0.5) is 0 Å². The number of hydrogen-bond donors (Lipinski definition) is 3. The minimum atomic E-state index is -4.95. The van der Waals surface area contributed by atoms with Gasteiger partial charge in [-0.3, -0.25) is 37.3 Å². The normalized spacial score (nSPS) is 14.6. The number of hydrogen-bond acceptors (Lipinski definition) is 15. The van der Waals surface area contributed by atoms with Crippen LogP contribution in [0.25, 0.3) is 0 Å². The van der Waals surface area contributed by atoms with E-state index in [0.717, 1.165) is 108 Å². The van der Waals surface area contributed by atoms with Crippen molar-refractivity contribution in [2.75, 3.05) is 39.6 Å². The molecule has 0 aromatic heterocycles. The molecule has 0 saturated heterocycles. The summed E-state index contributed by atoms with van der Waals surface area (Å²) in [5.41, 5.74) is 0. The van der Waals surface area contributed by atoms with E-state index in [0.29, 0.717) is 37.5 Å². The minimum Gasteiger partial charge on any atom is -0.462 e. The number of phosphoric ester groups is 2. The Morgan fingerprint density at radius 3 is 0.807 bits per heavy atom. The standard InChI is InChI=1S/C69H134O17P2/c1-9-62(8)48-40-32-23-16-14-12-10-11-13-15-17-25-35-43-51-68(73)85-64(55-79-66(71)49-41-33-24-19-18-21-29-37-45-59(2)3)57-83-87(75,76)81-53-63(70)54-82-88(77,78)84-58-65(86-69(74)52-44-36-28-27-31-39-47-61(6)7)56-80-67(72)50-42-34-26-20-22-30-38-46-60(4)5/h59-65,70H,9-58H2,1-8H3,(H,75,76)(H,77,78)/t62?,63?,64-,65-/m1/s1. The molecule has 0 aliphatic rings. The van der Waals surface area contributed by atoms with Crippen LogP contribution >= 0.6 is 15.6 Å². The number of phosphoric acid groups is 2. The molecule has 0 saturated carbocycles. The predicted octanol–water partition coefficient (Wildman–Crippen LogP) is 19.3. The highest BCUT2D eigenvalue weighted by atomic mass is 31.2. The van der Waals surface area contributed by atoms with Gasteiger partial charge in [0.1, 0.15) is 19.3 Å². The van der Waals surface area contributed by atoms with Crippen molar-refractivity contribution in [3.63, 3.8) is 0 Å². The lowest BCUT2D eigenvalue weighted by atomic mass is 9.99. The second kappa shape index (κ2) is 58.8. The van der Waals surface area contributed by atoms with Crippen molar-refractivity contribution in [2.24, 2.45) is 23.7 Å². The first-order chi connectivity index (χ1) is 42.1. The van der Waals surface area contributed by atoms with Gasteiger partial charge in [0, 0.05) is 25.7 Å². The average Bonchev–Trinajstić information content (AvgIpc) is 3.56. The molecule has 0 aromatic rings. The van der Waals surface area contributed by atoms with Gasteiger partial charge in [0.25, 0.3) is 0 Å². The van der Waals surface area contributed by atoms with Crippen molar-refractivity contribution < 1.29 is 80.2 Å². The van der Waals surface area contributed by atoms with Crippen LogP contribution in [0.3, 0.4) is 0 Å². The highest BCUT2D eigenvalue weighted by molar-refractivity contribution is 7.47. The summed E-state index contributed by atoms with van der Waals surface area (Å²) < 4.78 is 68.1. The summed E-state index contributed by atoms with van der Waals surface area (Å²) in [5.74, 6) is 0.810. The lowest BCUT2D eigenvalue weighted by Crippen LogP contribution is -2.30. The van der Waals surface area contributed by atoms with Crippen molar-refractivity contribution >= 4 is 39.5 Å². The summed E-state index contributed by atoms with van der Waals surface area (Å²) >= 11 is 0. The highest BCUT2D eigenvalue weighted by Crippen LogP contribution is 2.45. The Kier molecular flexibility index (Phi) is 57.6. The Hall–Kier alpha value is -1.94. The molecule has 0 spiro atoms. The van der Waals surface area contributed by atoms with Crippen LogP contribution in [0.15, 0.2) is 0 Å². The number of aliphatic hydroxyl groups excluding tert-OH is 1. The smallest absolute Gasteiger partial charge is 0.462 e. The average molecular weight is 1300 g/mol. The van der Waals surface area contributed by atoms with Crippen LogP contribution in [-0.4, -0.2) is 96.7 Å². The SMILES string of the molecule is CCC(C)CCCCCCCCCCCCCCCCC(=O)O[C@H](COC(=O)CCCCCCCCCCC(C)C)COP(=O)(O)OCC(O)COP(=O)(O)OC[C@@H](COC(=O)CCCCCCCCCC(C)C)OC(=O)CCCCCCCCC(C)C. The highest BCUT2D eigenvalue weighted by Gasteiger charge is 2.30. The van der Waals surface area contributed by atoms with Gasteiger partial charge >= 0.3 is 39.5 Å². The lowest BCUT2D eigenvalue weighted by Gasteiger charge is -2.21. The molecule has 6 atom stereocenters. The zero-order valence-electron chi connectivity index (χ0n) is 57.3. The summed E-state index contributed by atoms with van der Waals surface area (Å²) in [6.45, 7) is 14.0. The molecule has 0 fully saturated rings. The van der Waals surface area contributed by atoms with E-state index in [1.54, 1.807) is 0 Å². The van der Waals surface area contributed by atoms with Crippen molar-refractivity contribution in [1.29, 1.82) is 0 Å². The van der Waals surface area contributed by atoms with Crippen LogP contribution in [0.1, 0.15) is 338 Å². The molecule has 0 aliphatic carbocycles. The molecule has 3 N–H and O–H groups in total. The third-order valence-electron chi connectivity index (χ3n) is 16.2. The van der Waals surface area contributed by atoms with E-state index < -0.39 is 97.5 Å². The molecule has 0 heterocycles. The molecule has 0 radical (unpaired) electrons. The molecular weight excluding hydrogens is 1160 g/mol. The molecule has 0 bridgehead atoms. The molecule has 19 heteroatoms. The third kappa shape index (κ3) is 61.6. The Morgan fingerprint density at radius 2 is 0.545 bits per heavy atom. The van der Waals surface area contributed by atoms with Gasteiger partial charge in [-0.1, -0.05) is 287 Å². The molecule has 0 amide bonds. The number of carbonyl (C=O) groups excluding carboxylic acids is 4. The number of ether oxygens (including phenoxy) is 4. The summed E-state index contributed by atoms with van der Waals surface area (Å²) in [6.07, 6.45) is 40.6. The monoisotopic (exact) mass is 1300 g/mol. The third-order valence-corrected chi connectivity index (χ3v) is 18.1. The summed E-state index contributed by atoms with van der Waals surface area (Å²) in [5, 5.41) is 10.6. The zero-order chi connectivity index (χ0) is 65.4. The van der Waals surface area contributed by atoms with Gasteiger partial charge in [-0.15, -0.1) is 0 Å². The molecule has 88 heavy (non-hydrogen) atoms. The Balaban J connectivity index is 5.21. The van der Waals surface area contributed by atoms with Gasteiger partial charge in [0.15, 0.2) is 12.2 Å². The van der Waals surface area contributed by atoms with E-state index in [2.05, 4.69) is 55.4 Å². The lowest BCUT2D eigenvalue weighted by molar-refractivity contribution is -0.161. The first-order valence-corrected chi connectivity index (χ1v) is 38.7. The predicted molar refractivity (Wildman–Crippen MR) is 354 cm³/mol. The van der Waals surface area contributed by atoms with E-state index in [9.17, 15) is 43.2 Å². The van der Waals surface area contributed by atoms with Gasteiger partial charge in [0.2, 0.25) is 0 Å². The molecule has 0 aliphatic heterocycles. The Labute approximate surface area is 537 Å². The van der Waals surface area contributed by atoms with E-state index in [4.69, 9.17) is 37.0 Å². The largest absolute Gasteiger partial charge is 0.472 e. The number of unbranched alkanes of at least 4 members (excludes halogenated alkanes) is 31. The fourth-order valence-electron chi connectivity index (χ4n) is 10.3. The van der Waals surface area contributed by atoms with E-state index in [1.165, 1.54) is 135 Å². The van der Waals surface area contributed by atoms with Gasteiger partial charge in [0.05, 0.1) is 26.4 Å². The second-order valence-corrected chi connectivity index (χ2v) is 29.5. The van der Waals surface area contributed by atoms with E-state index >= 15 is 0 Å². The van der Waals surface area contributed by atoms with Crippen LogP contribution < -0.4 is 0 Å². The number of esters is 4. The van der Waals surface area contributed by atoms with Crippen molar-refractivity contribution in [1.82, 2.24) is 0 Å². The summed E-state index contributed by atoms with van der Waals surface area (Å²) in [7, 11) is -9.90. The number of aliphatic hydroxyl groups is 1. The van der Waals surface area contributed by atoms with Crippen molar-refractivity contribution in [3.8, 4) is 0 Å². The number of rotatable bonds is 66. The first kappa shape index (κ1) is 86.1. The molecule has 17 nitrogen and oxygen atoms in total. The fraction of sp³-hybridized carbons (Fsp3) is 0.942.